The van der Waals surface area contributed by atoms with E-state index in [2.05, 4.69) is 28.7 Å². The Labute approximate surface area is 311 Å². The number of ether oxygens (including phenoxy) is 5. The number of nitrogens with zero attached hydrogens (tertiary/aromatic N) is 3. The van der Waals surface area contributed by atoms with E-state index in [4.69, 9.17) is 33.9 Å². The minimum absolute atomic E-state index is 0.140. The summed E-state index contributed by atoms with van der Waals surface area (Å²) < 4.78 is 31.2. The van der Waals surface area contributed by atoms with Crippen LogP contribution in [0.1, 0.15) is 40.8 Å². The Balaban J connectivity index is 1.50. The number of hydrogen-bond acceptors (Lipinski definition) is 10. The highest BCUT2D eigenvalue weighted by Gasteiger charge is 2.35. The van der Waals surface area contributed by atoms with Crippen molar-refractivity contribution in [1.82, 2.24) is 4.57 Å². The van der Waals surface area contributed by atoms with Gasteiger partial charge in [-0.3, -0.25) is 9.36 Å². The van der Waals surface area contributed by atoms with Crippen LogP contribution in [-0.2, 0) is 16.1 Å². The van der Waals surface area contributed by atoms with Crippen LogP contribution in [0.2, 0.25) is 0 Å². The second kappa shape index (κ2) is 15.7. The molecule has 1 aliphatic heterocycles. The summed E-state index contributed by atoms with van der Waals surface area (Å²) in [6.45, 7) is 2.15. The third-order valence-corrected chi connectivity index (χ3v) is 9.90. The van der Waals surface area contributed by atoms with E-state index >= 15 is 0 Å². The normalized spacial score (nSPS) is 13.9. The lowest BCUT2D eigenvalue weighted by Gasteiger charge is -2.26. The number of methoxy groups -OCH3 is 3. The van der Waals surface area contributed by atoms with Gasteiger partial charge in [-0.1, -0.05) is 59.9 Å². The van der Waals surface area contributed by atoms with Crippen molar-refractivity contribution >= 4 is 51.7 Å². The third-order valence-electron chi connectivity index (χ3n) is 8.11. The highest BCUT2D eigenvalue weighted by molar-refractivity contribution is 14.1. The number of aromatic nitrogens is 1. The van der Waals surface area contributed by atoms with E-state index in [1.54, 1.807) is 63.6 Å². The molecule has 0 saturated heterocycles. The topological polar surface area (TPSA) is 121 Å². The molecule has 6 rings (SSSR count). The van der Waals surface area contributed by atoms with E-state index in [-0.39, 0.29) is 24.3 Å². The first-order chi connectivity index (χ1) is 24.8. The lowest BCUT2D eigenvalue weighted by Crippen LogP contribution is -2.40. The van der Waals surface area contributed by atoms with Crippen LogP contribution < -0.4 is 33.8 Å². The zero-order valence-electron chi connectivity index (χ0n) is 28.1. The quantitative estimate of drug-likeness (QED) is 0.117. The standard InChI is InChI=1S/C39H32IN3O7S/c1-5-49-38(45)33-34(26-9-7-6-8-10-26)42-39-43(35(33)27-15-16-29(46-2)30(20-27)47-3)37(44)32(51-39)19-25-17-28(40)36(31(18-25)48-4)50-22-24-13-11-23(21-41)12-14-24/h6-20,35H,5,22H2,1-4H3/b32-19-/t35-/m1/s1. The number of fused-ring (bicyclic) bond motifs is 1. The van der Waals surface area contributed by atoms with Crippen molar-refractivity contribution in [2.75, 3.05) is 27.9 Å². The number of thiazole rings is 1. The lowest BCUT2D eigenvalue weighted by atomic mass is 9.93. The molecule has 1 atom stereocenters. The molecule has 0 unspecified atom stereocenters. The van der Waals surface area contributed by atoms with Gasteiger partial charge in [0.25, 0.3) is 5.56 Å². The molecule has 0 spiro atoms. The summed E-state index contributed by atoms with van der Waals surface area (Å²) in [7, 11) is 4.63. The average Bonchev–Trinajstić information content (AvgIpc) is 3.47. The Bertz CT molecular complexity index is 2360. The molecular formula is C39H32IN3O7S. The smallest absolute Gasteiger partial charge is 0.338 e. The van der Waals surface area contributed by atoms with E-state index in [1.807, 2.05) is 48.5 Å². The summed E-state index contributed by atoms with van der Waals surface area (Å²) in [5.41, 5.74) is 3.83. The maximum atomic E-state index is 14.4. The fraction of sp³-hybridized carbons (Fsp3) is 0.179. The first-order valence-corrected chi connectivity index (χ1v) is 17.7. The predicted molar refractivity (Wildman–Crippen MR) is 202 cm³/mol. The number of nitriles is 1. The first kappa shape index (κ1) is 35.4. The molecule has 5 aromatic rings. The van der Waals surface area contributed by atoms with Crippen LogP contribution in [0.5, 0.6) is 23.0 Å². The predicted octanol–water partition coefficient (Wildman–Crippen LogP) is 6.02. The van der Waals surface area contributed by atoms with Gasteiger partial charge in [-0.05, 0) is 88.7 Å². The number of benzene rings is 4. The Morgan fingerprint density at radius 3 is 2.35 bits per heavy atom. The molecule has 0 bridgehead atoms. The van der Waals surface area contributed by atoms with Crippen LogP contribution in [0.25, 0.3) is 11.8 Å². The molecule has 0 fully saturated rings. The van der Waals surface area contributed by atoms with E-state index in [1.165, 1.54) is 23.0 Å². The molecule has 4 aromatic carbocycles. The number of carbonyl (C=O) groups excluding carboxylic acids is 1. The first-order valence-electron chi connectivity index (χ1n) is 15.8. The van der Waals surface area contributed by atoms with Gasteiger partial charge in [0, 0.05) is 5.56 Å². The van der Waals surface area contributed by atoms with Crippen molar-refractivity contribution in [2.24, 2.45) is 4.99 Å². The minimum atomic E-state index is -0.884. The van der Waals surface area contributed by atoms with E-state index in [0.717, 1.165) is 9.13 Å². The van der Waals surface area contributed by atoms with Gasteiger partial charge in [-0.15, -0.1) is 0 Å². The maximum absolute atomic E-state index is 14.4. The van der Waals surface area contributed by atoms with Gasteiger partial charge in [0.05, 0.1) is 65.0 Å². The van der Waals surface area contributed by atoms with Gasteiger partial charge in [0.2, 0.25) is 0 Å². The van der Waals surface area contributed by atoms with Crippen LogP contribution in [0, 0.1) is 14.9 Å². The number of hydrogen-bond donors (Lipinski definition) is 0. The van der Waals surface area contributed by atoms with Crippen molar-refractivity contribution in [3.8, 4) is 29.1 Å². The molecule has 2 heterocycles. The van der Waals surface area contributed by atoms with Crippen LogP contribution in [0.4, 0.5) is 0 Å². The van der Waals surface area contributed by atoms with Crippen molar-refractivity contribution in [2.45, 2.75) is 19.6 Å². The molecule has 0 aliphatic carbocycles. The summed E-state index contributed by atoms with van der Waals surface area (Å²) in [5.74, 6) is 1.42. The molecular weight excluding hydrogens is 781 g/mol. The zero-order chi connectivity index (χ0) is 36.1. The summed E-state index contributed by atoms with van der Waals surface area (Å²) in [6.07, 6.45) is 1.78. The lowest BCUT2D eigenvalue weighted by molar-refractivity contribution is -0.138. The van der Waals surface area contributed by atoms with Gasteiger partial charge in [0.1, 0.15) is 6.61 Å². The average molecular weight is 814 g/mol. The maximum Gasteiger partial charge on any atom is 0.338 e. The highest BCUT2D eigenvalue weighted by atomic mass is 127. The SMILES string of the molecule is CCOC(=O)C1=C(c2ccccc2)N=c2s/c(=C\c3cc(I)c(OCc4ccc(C#N)cc4)c(OC)c3)c(=O)n2[C@@H]1c1ccc(OC)c(OC)c1. The molecule has 0 amide bonds. The second-order valence-corrected chi connectivity index (χ2v) is 13.3. The monoisotopic (exact) mass is 813 g/mol. The number of rotatable bonds is 11. The number of esters is 1. The van der Waals surface area contributed by atoms with E-state index < -0.39 is 12.0 Å². The van der Waals surface area contributed by atoms with E-state index in [9.17, 15) is 9.59 Å². The fourth-order valence-corrected chi connectivity index (χ4v) is 7.51. The second-order valence-electron chi connectivity index (χ2n) is 11.2. The molecule has 1 aromatic heterocycles. The number of carbonyl (C=O) groups is 1. The van der Waals surface area contributed by atoms with E-state index in [0.29, 0.717) is 60.3 Å². The molecule has 1 aliphatic rings. The Hall–Kier alpha value is -5.39. The van der Waals surface area contributed by atoms with Crippen LogP contribution >= 0.6 is 33.9 Å². The largest absolute Gasteiger partial charge is 0.493 e. The molecule has 0 N–H and O–H groups in total. The van der Waals surface area contributed by atoms with Gasteiger partial charge in [0.15, 0.2) is 27.8 Å². The zero-order valence-corrected chi connectivity index (χ0v) is 31.1. The Morgan fingerprint density at radius 2 is 1.69 bits per heavy atom. The van der Waals surface area contributed by atoms with Crippen LogP contribution in [-0.4, -0.2) is 38.5 Å². The van der Waals surface area contributed by atoms with Gasteiger partial charge in [-0.2, -0.15) is 5.26 Å². The fourth-order valence-electron chi connectivity index (χ4n) is 5.72. The third kappa shape index (κ3) is 7.26. The van der Waals surface area contributed by atoms with Crippen LogP contribution in [0.3, 0.4) is 0 Å². The Morgan fingerprint density at radius 1 is 0.961 bits per heavy atom. The molecule has 0 radical (unpaired) electrons. The summed E-state index contributed by atoms with van der Waals surface area (Å²) in [5, 5.41) is 9.10. The summed E-state index contributed by atoms with van der Waals surface area (Å²) in [4.78, 5) is 33.6. The van der Waals surface area contributed by atoms with Gasteiger partial charge >= 0.3 is 5.97 Å². The molecule has 10 nitrogen and oxygen atoms in total. The minimum Gasteiger partial charge on any atom is -0.493 e. The van der Waals surface area contributed by atoms with Gasteiger partial charge in [-0.25, -0.2) is 9.79 Å². The number of halogens is 1. The Kier molecular flexibility index (Phi) is 10.9. The van der Waals surface area contributed by atoms with Crippen molar-refractivity contribution < 1.29 is 28.5 Å². The van der Waals surface area contributed by atoms with Crippen LogP contribution in [0.15, 0.2) is 100 Å². The molecule has 258 valence electrons. The van der Waals surface area contributed by atoms with Gasteiger partial charge < -0.3 is 23.7 Å². The molecule has 12 heteroatoms. The molecule has 51 heavy (non-hydrogen) atoms. The summed E-state index contributed by atoms with van der Waals surface area (Å²) in [6, 6.07) is 26.8. The van der Waals surface area contributed by atoms with Crippen molar-refractivity contribution in [1.29, 1.82) is 5.26 Å². The summed E-state index contributed by atoms with van der Waals surface area (Å²) >= 11 is 3.40. The van der Waals surface area contributed by atoms with Crippen molar-refractivity contribution in [3.63, 3.8) is 0 Å². The highest BCUT2D eigenvalue weighted by Crippen LogP contribution is 2.39. The van der Waals surface area contributed by atoms with Crippen molar-refractivity contribution in [3.05, 3.63) is 142 Å². The molecule has 0 saturated carbocycles.